The van der Waals surface area contributed by atoms with Crippen molar-refractivity contribution in [3.05, 3.63) is 28.2 Å². The van der Waals surface area contributed by atoms with Gasteiger partial charge in [0, 0.05) is 14.9 Å². The van der Waals surface area contributed by atoms with Gasteiger partial charge in [0.2, 0.25) is 0 Å². The van der Waals surface area contributed by atoms with E-state index in [2.05, 4.69) is 28.6 Å². The van der Waals surface area contributed by atoms with Crippen LogP contribution in [0.25, 0.3) is 0 Å². The van der Waals surface area contributed by atoms with Gasteiger partial charge in [0.1, 0.15) is 5.38 Å². The van der Waals surface area contributed by atoms with E-state index in [9.17, 15) is 4.79 Å². The van der Waals surface area contributed by atoms with Crippen molar-refractivity contribution in [2.45, 2.75) is 17.2 Å². The minimum absolute atomic E-state index is 0.0798. The number of alkyl halides is 1. The van der Waals surface area contributed by atoms with E-state index in [1.807, 2.05) is 18.2 Å². The van der Waals surface area contributed by atoms with Crippen molar-refractivity contribution in [2.24, 2.45) is 0 Å². The highest BCUT2D eigenvalue weighted by atomic mass is 79.9. The molecule has 1 aromatic rings. The molecule has 0 bridgehead atoms. The van der Waals surface area contributed by atoms with Crippen molar-refractivity contribution in [1.29, 1.82) is 0 Å². The molecule has 0 aliphatic heterocycles. The van der Waals surface area contributed by atoms with Gasteiger partial charge in [-0.2, -0.15) is 0 Å². The van der Waals surface area contributed by atoms with Gasteiger partial charge in [0.15, 0.2) is 5.78 Å². The van der Waals surface area contributed by atoms with Crippen LogP contribution in [0.3, 0.4) is 0 Å². The van der Waals surface area contributed by atoms with Crippen molar-refractivity contribution < 1.29 is 4.79 Å². The summed E-state index contributed by atoms with van der Waals surface area (Å²) < 4.78 is 0.815. The summed E-state index contributed by atoms with van der Waals surface area (Å²) in [6.07, 6.45) is 0. The van der Waals surface area contributed by atoms with E-state index < -0.39 is 5.38 Å². The van der Waals surface area contributed by atoms with Crippen molar-refractivity contribution >= 4 is 45.9 Å². The number of benzene rings is 1. The summed E-state index contributed by atoms with van der Waals surface area (Å²) in [4.78, 5) is 11.8. The minimum Gasteiger partial charge on any atom is -0.298 e. The lowest BCUT2D eigenvalue weighted by Crippen LogP contribution is -2.03. The lowest BCUT2D eigenvalue weighted by molar-refractivity contribution is -0.116. The Hall–Kier alpha value is 0.01000. The van der Waals surface area contributed by atoms with E-state index in [0.29, 0.717) is 0 Å². The van der Waals surface area contributed by atoms with Crippen LogP contribution in [0, 0.1) is 0 Å². The van der Waals surface area contributed by atoms with E-state index in [-0.39, 0.29) is 5.78 Å². The van der Waals surface area contributed by atoms with Gasteiger partial charge in [-0.1, -0.05) is 22.0 Å². The van der Waals surface area contributed by atoms with Crippen LogP contribution in [-0.2, 0) is 4.79 Å². The maximum absolute atomic E-state index is 11.1. The first-order valence-electron chi connectivity index (χ1n) is 3.66. The molecule has 0 radical (unpaired) electrons. The summed E-state index contributed by atoms with van der Waals surface area (Å²) >= 11 is 13.5. The molecule has 0 aliphatic rings. The second-order valence-corrected chi connectivity index (χ2v) is 4.42. The quantitative estimate of drug-likeness (QED) is 0.646. The van der Waals surface area contributed by atoms with Gasteiger partial charge in [-0.25, -0.2) is 0 Å². The maximum atomic E-state index is 11.1. The third-order valence-corrected chi connectivity index (χ3v) is 3.25. The number of hydrogen-bond donors (Lipinski definition) is 1. The molecule has 1 rings (SSSR count). The number of halogens is 2. The molecule has 13 heavy (non-hydrogen) atoms. The van der Waals surface area contributed by atoms with Gasteiger partial charge < -0.3 is 0 Å². The van der Waals surface area contributed by atoms with Crippen LogP contribution in [0.5, 0.6) is 0 Å². The van der Waals surface area contributed by atoms with Gasteiger partial charge in [0.25, 0.3) is 0 Å². The van der Waals surface area contributed by atoms with Gasteiger partial charge in [-0.05, 0) is 19.1 Å². The predicted octanol–water partition coefficient (Wildman–Crippen LogP) is 3.61. The molecule has 0 aromatic heterocycles. The lowest BCUT2D eigenvalue weighted by Gasteiger charge is -2.10. The van der Waals surface area contributed by atoms with Crippen LogP contribution in [-0.4, -0.2) is 5.78 Å². The van der Waals surface area contributed by atoms with Crippen LogP contribution < -0.4 is 0 Å². The van der Waals surface area contributed by atoms with Crippen molar-refractivity contribution in [1.82, 2.24) is 0 Å². The zero-order chi connectivity index (χ0) is 10.0. The van der Waals surface area contributed by atoms with E-state index in [1.54, 1.807) is 0 Å². The van der Waals surface area contributed by atoms with Crippen LogP contribution in [0.2, 0.25) is 0 Å². The molecule has 0 heterocycles. The largest absolute Gasteiger partial charge is 0.298 e. The van der Waals surface area contributed by atoms with Crippen LogP contribution >= 0.6 is 40.2 Å². The Morgan fingerprint density at radius 1 is 1.62 bits per heavy atom. The Morgan fingerprint density at radius 2 is 2.23 bits per heavy atom. The number of ketones is 1. The van der Waals surface area contributed by atoms with Crippen molar-refractivity contribution in [2.75, 3.05) is 0 Å². The number of carbonyl (C=O) groups excluding carboxylic acids is 1. The average Bonchev–Trinajstić information content (AvgIpc) is 2.03. The number of thiol groups is 1. The zero-order valence-electron chi connectivity index (χ0n) is 6.92. The van der Waals surface area contributed by atoms with Gasteiger partial charge in [-0.3, -0.25) is 4.79 Å². The molecule has 1 aromatic carbocycles. The third-order valence-electron chi connectivity index (χ3n) is 1.64. The molecule has 0 saturated heterocycles. The highest BCUT2D eigenvalue weighted by molar-refractivity contribution is 9.10. The summed E-state index contributed by atoms with van der Waals surface area (Å²) in [7, 11) is 0. The van der Waals surface area contributed by atoms with Crippen molar-refractivity contribution in [3.8, 4) is 0 Å². The van der Waals surface area contributed by atoms with Gasteiger partial charge in [0.05, 0.1) is 0 Å². The Balaban J connectivity index is 3.20. The first kappa shape index (κ1) is 11.1. The molecule has 1 unspecified atom stereocenters. The zero-order valence-corrected chi connectivity index (χ0v) is 10.2. The molecule has 1 nitrogen and oxygen atoms in total. The highest BCUT2D eigenvalue weighted by Gasteiger charge is 2.18. The number of carbonyl (C=O) groups is 1. The third kappa shape index (κ3) is 2.48. The summed E-state index contributed by atoms with van der Waals surface area (Å²) in [5.41, 5.74) is 0.736. The fourth-order valence-corrected chi connectivity index (χ4v) is 2.51. The Labute approximate surface area is 96.0 Å². The average molecular weight is 280 g/mol. The van der Waals surface area contributed by atoms with Crippen molar-refractivity contribution in [3.63, 3.8) is 0 Å². The van der Waals surface area contributed by atoms with E-state index in [0.717, 1.165) is 14.9 Å². The molecule has 0 spiro atoms. The van der Waals surface area contributed by atoms with E-state index >= 15 is 0 Å². The summed E-state index contributed by atoms with van der Waals surface area (Å²) in [5.74, 6) is -0.0798. The van der Waals surface area contributed by atoms with E-state index in [4.69, 9.17) is 11.6 Å². The normalized spacial score (nSPS) is 12.6. The minimum atomic E-state index is -0.622. The monoisotopic (exact) mass is 278 g/mol. The molecule has 0 saturated carbocycles. The summed E-state index contributed by atoms with van der Waals surface area (Å²) in [6, 6.07) is 5.49. The molecule has 1 atom stereocenters. The Morgan fingerprint density at radius 3 is 2.69 bits per heavy atom. The molecule has 0 aliphatic carbocycles. The molecular weight excluding hydrogens is 272 g/mol. The number of rotatable bonds is 2. The Kier molecular flexibility index (Phi) is 3.83. The smallest absolute Gasteiger partial charge is 0.152 e. The number of Topliss-reactive ketones (excluding diaryl/α,β-unsaturated/α-hetero) is 1. The Bertz CT molecular complexity index is 320. The molecule has 0 amide bonds. The first-order chi connectivity index (χ1) is 6.04. The SMILES string of the molecule is CC(=O)C(Cl)c1c(S)cccc1Br. The standard InChI is InChI=1S/C9H8BrClOS/c1-5(12)9(11)8-6(10)3-2-4-7(8)13/h2-4,9,13H,1H3. The number of hydrogen-bond acceptors (Lipinski definition) is 2. The fraction of sp³-hybridized carbons (Fsp3) is 0.222. The molecule has 0 N–H and O–H groups in total. The van der Waals surface area contributed by atoms with Gasteiger partial charge in [-0.15, -0.1) is 24.2 Å². The predicted molar refractivity (Wildman–Crippen MR) is 60.7 cm³/mol. The second-order valence-electron chi connectivity index (χ2n) is 2.65. The molecule has 4 heteroatoms. The lowest BCUT2D eigenvalue weighted by atomic mass is 10.1. The fourth-order valence-electron chi connectivity index (χ4n) is 0.980. The van der Waals surface area contributed by atoms with Gasteiger partial charge >= 0.3 is 0 Å². The molecular formula is C9H8BrClOS. The van der Waals surface area contributed by atoms with Crippen LogP contribution in [0.1, 0.15) is 17.9 Å². The summed E-state index contributed by atoms with van der Waals surface area (Å²) in [6.45, 7) is 1.46. The maximum Gasteiger partial charge on any atom is 0.152 e. The van der Waals surface area contributed by atoms with Crippen LogP contribution in [0.15, 0.2) is 27.6 Å². The molecule has 70 valence electrons. The van der Waals surface area contributed by atoms with Crippen LogP contribution in [0.4, 0.5) is 0 Å². The topological polar surface area (TPSA) is 17.1 Å². The second kappa shape index (κ2) is 4.49. The molecule has 0 fully saturated rings. The first-order valence-corrected chi connectivity index (χ1v) is 5.33. The highest BCUT2D eigenvalue weighted by Crippen LogP contribution is 2.33. The summed E-state index contributed by atoms with van der Waals surface area (Å²) in [5, 5.41) is -0.622. The van der Waals surface area contributed by atoms with E-state index in [1.165, 1.54) is 6.92 Å².